The minimum atomic E-state index is -0.450. The molecule has 6 rings (SSSR count). The first kappa shape index (κ1) is 25.8. The molecule has 0 aromatic heterocycles. The molecule has 6 nitrogen and oxygen atoms in total. The van der Waals surface area contributed by atoms with Crippen LogP contribution in [0, 0.1) is 5.82 Å². The Hall–Kier alpha value is -3.42. The zero-order valence-corrected chi connectivity index (χ0v) is 22.5. The Balaban J connectivity index is 1.17. The van der Waals surface area contributed by atoms with Gasteiger partial charge >= 0.3 is 6.09 Å². The lowest BCUT2D eigenvalue weighted by atomic mass is 9.90. The maximum Gasteiger partial charge on any atom is 0.415 e. The van der Waals surface area contributed by atoms with Crippen LogP contribution in [0.4, 0.5) is 14.9 Å². The first-order valence-corrected chi connectivity index (χ1v) is 14.0. The molecule has 1 amide bonds. The summed E-state index contributed by atoms with van der Waals surface area (Å²) in [6.07, 6.45) is 3.69. The van der Waals surface area contributed by atoms with Gasteiger partial charge in [-0.3, -0.25) is 9.80 Å². The summed E-state index contributed by atoms with van der Waals surface area (Å²) >= 11 is 0. The van der Waals surface area contributed by atoms with E-state index in [9.17, 15) is 9.18 Å². The number of hydrogen-bond acceptors (Lipinski definition) is 5. The van der Waals surface area contributed by atoms with Gasteiger partial charge in [-0.05, 0) is 84.3 Å². The van der Waals surface area contributed by atoms with Crippen LogP contribution < -0.4 is 15.4 Å². The predicted molar refractivity (Wildman–Crippen MR) is 150 cm³/mol. The van der Waals surface area contributed by atoms with Gasteiger partial charge in [0, 0.05) is 50.3 Å². The fraction of sp³-hybridized carbons (Fsp3) is 0.406. The highest BCUT2D eigenvalue weighted by Crippen LogP contribution is 2.47. The van der Waals surface area contributed by atoms with Gasteiger partial charge in [0.2, 0.25) is 0 Å². The topological polar surface area (TPSA) is 68.0 Å². The molecule has 3 aliphatic rings. The molecule has 2 saturated heterocycles. The van der Waals surface area contributed by atoms with Gasteiger partial charge in [0.05, 0.1) is 13.2 Å². The molecule has 1 aliphatic carbocycles. The van der Waals surface area contributed by atoms with E-state index in [1.807, 2.05) is 43.3 Å². The van der Waals surface area contributed by atoms with E-state index in [-0.39, 0.29) is 11.9 Å². The summed E-state index contributed by atoms with van der Waals surface area (Å²) in [5.74, 6) is 1.21. The zero-order valence-electron chi connectivity index (χ0n) is 22.5. The van der Waals surface area contributed by atoms with Crippen LogP contribution in [0.25, 0.3) is 11.1 Å². The highest BCUT2D eigenvalue weighted by molar-refractivity contribution is 5.90. The second kappa shape index (κ2) is 10.6. The standard InChI is InChI=1S/C32H36FN3O3/c1-2-38-30-18-29(24-7-9-26(33)10-8-24)28(23-5-6-23)17-25(30)20-35-15-13-32(14-16-35)21-36(31(37)39-32)27-11-3-22(19-34)4-12-27/h3-4,7-12,17-18,23H,2,5-6,13-16,19-21,34H2,1H3. The molecule has 7 heteroatoms. The molecule has 3 fully saturated rings. The predicted octanol–water partition coefficient (Wildman–Crippen LogP) is 6.22. The van der Waals surface area contributed by atoms with Gasteiger partial charge in [-0.2, -0.15) is 0 Å². The van der Waals surface area contributed by atoms with Crippen molar-refractivity contribution >= 4 is 11.8 Å². The number of carbonyl (C=O) groups excluding carboxylic acids is 1. The molecule has 1 spiro atoms. The Morgan fingerprint density at radius 2 is 1.77 bits per heavy atom. The van der Waals surface area contributed by atoms with Crippen molar-refractivity contribution in [2.45, 2.75) is 57.2 Å². The largest absolute Gasteiger partial charge is 0.494 e. The minimum absolute atomic E-state index is 0.225. The number of piperidine rings is 1. The molecule has 3 aromatic rings. The Morgan fingerprint density at radius 3 is 2.41 bits per heavy atom. The molecule has 1 saturated carbocycles. The van der Waals surface area contributed by atoms with Crippen molar-refractivity contribution in [2.24, 2.45) is 5.73 Å². The van der Waals surface area contributed by atoms with Crippen LogP contribution >= 0.6 is 0 Å². The maximum absolute atomic E-state index is 13.6. The average Bonchev–Trinajstić information content (AvgIpc) is 3.75. The highest BCUT2D eigenvalue weighted by atomic mass is 19.1. The van der Waals surface area contributed by atoms with Gasteiger partial charge < -0.3 is 15.2 Å². The van der Waals surface area contributed by atoms with E-state index in [4.69, 9.17) is 15.2 Å². The third-order valence-electron chi connectivity index (χ3n) is 8.32. The summed E-state index contributed by atoms with van der Waals surface area (Å²) in [6, 6.07) is 19.0. The van der Waals surface area contributed by atoms with E-state index >= 15 is 0 Å². The number of nitrogens with two attached hydrogens (primary N) is 1. The van der Waals surface area contributed by atoms with E-state index in [2.05, 4.69) is 17.0 Å². The monoisotopic (exact) mass is 529 g/mol. The average molecular weight is 530 g/mol. The Labute approximate surface area is 229 Å². The lowest BCUT2D eigenvalue weighted by Crippen LogP contribution is -2.46. The van der Waals surface area contributed by atoms with Gasteiger partial charge in [0.25, 0.3) is 0 Å². The van der Waals surface area contributed by atoms with Crippen LogP contribution in [-0.2, 0) is 17.8 Å². The SMILES string of the molecule is CCOc1cc(-c2ccc(F)cc2)c(C2CC2)cc1CN1CCC2(CC1)CN(c1ccc(CN)cc1)C(=O)O2. The van der Waals surface area contributed by atoms with E-state index in [0.29, 0.717) is 25.6 Å². The second-order valence-electron chi connectivity index (χ2n) is 11.0. The molecule has 0 bridgehead atoms. The molecular weight excluding hydrogens is 493 g/mol. The summed E-state index contributed by atoms with van der Waals surface area (Å²) in [5, 5.41) is 0. The molecule has 204 valence electrons. The number of amides is 1. The smallest absolute Gasteiger partial charge is 0.415 e. The number of carbonyl (C=O) groups is 1. The Morgan fingerprint density at radius 1 is 1.05 bits per heavy atom. The summed E-state index contributed by atoms with van der Waals surface area (Å²) in [4.78, 5) is 17.0. The first-order valence-electron chi connectivity index (χ1n) is 14.0. The number of benzene rings is 3. The van der Waals surface area contributed by atoms with Crippen molar-refractivity contribution in [3.8, 4) is 16.9 Å². The van der Waals surface area contributed by atoms with Crippen LogP contribution in [0.5, 0.6) is 5.75 Å². The van der Waals surface area contributed by atoms with Crippen molar-refractivity contribution in [2.75, 3.05) is 31.1 Å². The Bertz CT molecular complexity index is 1330. The zero-order chi connectivity index (χ0) is 27.0. The van der Waals surface area contributed by atoms with E-state index in [1.54, 1.807) is 4.90 Å². The lowest BCUT2D eigenvalue weighted by Gasteiger charge is -2.37. The summed E-state index contributed by atoms with van der Waals surface area (Å²) < 4.78 is 25.7. The van der Waals surface area contributed by atoms with Gasteiger partial charge in [0.1, 0.15) is 17.2 Å². The lowest BCUT2D eigenvalue weighted by molar-refractivity contribution is -0.00111. The first-order chi connectivity index (χ1) is 19.0. The van der Waals surface area contributed by atoms with Crippen molar-refractivity contribution in [3.63, 3.8) is 0 Å². The third-order valence-corrected chi connectivity index (χ3v) is 8.32. The number of rotatable bonds is 8. The van der Waals surface area contributed by atoms with Crippen molar-refractivity contribution in [3.05, 3.63) is 83.2 Å². The van der Waals surface area contributed by atoms with Crippen molar-refractivity contribution < 1.29 is 18.7 Å². The second-order valence-corrected chi connectivity index (χ2v) is 11.0. The quantitative estimate of drug-likeness (QED) is 0.375. The molecule has 3 aromatic carbocycles. The minimum Gasteiger partial charge on any atom is -0.494 e. The summed E-state index contributed by atoms with van der Waals surface area (Å²) in [5.41, 5.74) is 11.8. The van der Waals surface area contributed by atoms with E-state index < -0.39 is 5.60 Å². The molecule has 0 unspecified atom stereocenters. The van der Waals surface area contributed by atoms with Crippen LogP contribution in [-0.4, -0.2) is 42.8 Å². The van der Waals surface area contributed by atoms with Crippen molar-refractivity contribution in [1.82, 2.24) is 4.90 Å². The normalized spacial score (nSPS) is 18.9. The number of likely N-dealkylation sites (tertiary alicyclic amines) is 1. The Kier molecular flexibility index (Phi) is 7.04. The van der Waals surface area contributed by atoms with Crippen molar-refractivity contribution in [1.29, 1.82) is 0 Å². The number of hydrogen-bond donors (Lipinski definition) is 1. The number of anilines is 1. The van der Waals surface area contributed by atoms with Crippen LogP contribution in [0.2, 0.25) is 0 Å². The van der Waals surface area contributed by atoms with Gasteiger partial charge in [-0.15, -0.1) is 0 Å². The highest BCUT2D eigenvalue weighted by Gasteiger charge is 2.47. The summed E-state index contributed by atoms with van der Waals surface area (Å²) in [6.45, 7) is 6.11. The molecule has 2 heterocycles. The fourth-order valence-electron chi connectivity index (χ4n) is 5.92. The molecule has 39 heavy (non-hydrogen) atoms. The number of halogens is 1. The number of nitrogens with zero attached hydrogens (tertiary/aromatic N) is 2. The molecular formula is C32H36FN3O3. The van der Waals surface area contributed by atoms with Gasteiger partial charge in [-0.1, -0.05) is 24.3 Å². The summed E-state index contributed by atoms with van der Waals surface area (Å²) in [7, 11) is 0. The molecule has 0 radical (unpaired) electrons. The number of ether oxygens (including phenoxy) is 2. The molecule has 0 atom stereocenters. The fourth-order valence-corrected chi connectivity index (χ4v) is 5.92. The van der Waals surface area contributed by atoms with E-state index in [0.717, 1.165) is 60.6 Å². The van der Waals surface area contributed by atoms with Crippen LogP contribution in [0.3, 0.4) is 0 Å². The molecule has 2 aliphatic heterocycles. The maximum atomic E-state index is 13.6. The third kappa shape index (κ3) is 5.38. The van der Waals surface area contributed by atoms with Crippen LogP contribution in [0.15, 0.2) is 60.7 Å². The molecule has 2 N–H and O–H groups in total. The van der Waals surface area contributed by atoms with Gasteiger partial charge in [-0.25, -0.2) is 9.18 Å². The van der Waals surface area contributed by atoms with Crippen LogP contribution in [0.1, 0.15) is 55.2 Å². The van der Waals surface area contributed by atoms with Gasteiger partial charge in [0.15, 0.2) is 0 Å². The van der Waals surface area contributed by atoms with E-state index in [1.165, 1.54) is 36.1 Å².